The predicted octanol–water partition coefficient (Wildman–Crippen LogP) is 1.83. The molecule has 1 atom stereocenters. The summed E-state index contributed by atoms with van der Waals surface area (Å²) in [7, 11) is 3.81. The molecule has 6 heteroatoms. The van der Waals surface area contributed by atoms with Gasteiger partial charge in [0.1, 0.15) is 24.2 Å². The smallest absolute Gasteiger partial charge is 0.127 e. The minimum atomic E-state index is -0.497. The Bertz CT molecular complexity index is 656. The molecule has 1 aromatic carbocycles. The number of rotatable bonds is 8. The number of aliphatic hydroxyl groups is 1. The second-order valence-corrected chi connectivity index (χ2v) is 8.08. The van der Waals surface area contributed by atoms with Crippen molar-refractivity contribution in [2.24, 2.45) is 0 Å². The average Bonchev–Trinajstić information content (AvgIpc) is 2.70. The van der Waals surface area contributed by atoms with Crippen molar-refractivity contribution in [2.45, 2.75) is 26.0 Å². The molecule has 1 N–H and O–H groups in total. The largest absolute Gasteiger partial charge is 0.497 e. The summed E-state index contributed by atoms with van der Waals surface area (Å²) >= 11 is 0. The lowest BCUT2D eigenvalue weighted by atomic mass is 10.1. The van der Waals surface area contributed by atoms with Crippen LogP contribution in [0.25, 0.3) is 0 Å². The Kier molecular flexibility index (Phi) is 7.73. The number of piperazine rings is 1. The maximum absolute atomic E-state index is 10.5. The van der Waals surface area contributed by atoms with Crippen molar-refractivity contribution >= 4 is 0 Å². The minimum Gasteiger partial charge on any atom is -0.497 e. The van der Waals surface area contributed by atoms with Gasteiger partial charge in [-0.25, -0.2) is 0 Å². The van der Waals surface area contributed by atoms with Crippen LogP contribution < -0.4 is 9.47 Å². The third kappa shape index (κ3) is 6.21. The van der Waals surface area contributed by atoms with Crippen molar-refractivity contribution in [1.82, 2.24) is 14.7 Å². The molecule has 156 valence electrons. The van der Waals surface area contributed by atoms with Crippen LogP contribution >= 0.6 is 0 Å². The Hall–Kier alpha value is -1.60. The number of hydrogen-bond acceptors (Lipinski definition) is 6. The van der Waals surface area contributed by atoms with Crippen molar-refractivity contribution in [3.05, 3.63) is 35.4 Å². The summed E-state index contributed by atoms with van der Waals surface area (Å²) in [4.78, 5) is 7.05. The van der Waals surface area contributed by atoms with Crippen molar-refractivity contribution in [2.75, 3.05) is 66.6 Å². The monoisotopic (exact) mass is 389 g/mol. The van der Waals surface area contributed by atoms with E-state index < -0.39 is 6.10 Å². The van der Waals surface area contributed by atoms with Crippen LogP contribution in [0.1, 0.15) is 18.9 Å². The van der Waals surface area contributed by atoms with Gasteiger partial charge in [0, 0.05) is 64.0 Å². The van der Waals surface area contributed by atoms with Crippen LogP contribution in [0.4, 0.5) is 0 Å². The quantitative estimate of drug-likeness (QED) is 0.685. The van der Waals surface area contributed by atoms with E-state index in [1.54, 1.807) is 7.11 Å². The molecule has 1 aromatic rings. The summed E-state index contributed by atoms with van der Waals surface area (Å²) in [5.41, 5.74) is 2.61. The molecule has 1 fully saturated rings. The lowest BCUT2D eigenvalue weighted by Crippen LogP contribution is -2.47. The lowest BCUT2D eigenvalue weighted by Gasteiger charge is -2.33. The van der Waals surface area contributed by atoms with E-state index in [4.69, 9.17) is 9.47 Å². The Labute approximate surface area is 169 Å². The van der Waals surface area contributed by atoms with Crippen LogP contribution in [0.2, 0.25) is 0 Å². The highest BCUT2D eigenvalue weighted by atomic mass is 16.5. The van der Waals surface area contributed by atoms with Gasteiger partial charge >= 0.3 is 0 Å². The van der Waals surface area contributed by atoms with Crippen molar-refractivity contribution in [3.8, 4) is 11.5 Å². The van der Waals surface area contributed by atoms with Crippen LogP contribution in [0, 0.1) is 0 Å². The molecule has 3 rings (SSSR count). The van der Waals surface area contributed by atoms with E-state index in [2.05, 4.69) is 40.8 Å². The number of likely N-dealkylation sites (N-methyl/N-ethyl adjacent to an activating group) is 1. The van der Waals surface area contributed by atoms with Gasteiger partial charge < -0.3 is 19.5 Å². The van der Waals surface area contributed by atoms with Gasteiger partial charge in [-0.15, -0.1) is 0 Å². The molecule has 0 unspecified atom stereocenters. The fourth-order valence-corrected chi connectivity index (χ4v) is 3.69. The first-order valence-electron chi connectivity index (χ1n) is 10.3. The summed E-state index contributed by atoms with van der Waals surface area (Å²) in [5, 5.41) is 10.5. The number of hydrogen-bond donors (Lipinski definition) is 1. The Morgan fingerprint density at radius 1 is 1.11 bits per heavy atom. The maximum Gasteiger partial charge on any atom is 0.127 e. The zero-order valence-electron chi connectivity index (χ0n) is 17.6. The van der Waals surface area contributed by atoms with E-state index in [0.717, 1.165) is 69.3 Å². The summed E-state index contributed by atoms with van der Waals surface area (Å²) in [6.07, 6.45) is 2.92. The molecule has 1 saturated heterocycles. The second kappa shape index (κ2) is 10.3. The Balaban J connectivity index is 1.56. The van der Waals surface area contributed by atoms with Gasteiger partial charge in [-0.1, -0.05) is 17.7 Å². The predicted molar refractivity (Wildman–Crippen MR) is 112 cm³/mol. The van der Waals surface area contributed by atoms with Crippen LogP contribution in [0.3, 0.4) is 0 Å². The highest BCUT2D eigenvalue weighted by molar-refractivity contribution is 5.41. The van der Waals surface area contributed by atoms with Gasteiger partial charge in [-0.3, -0.25) is 9.80 Å². The molecule has 2 aliphatic heterocycles. The molecule has 0 aromatic heterocycles. The first-order valence-corrected chi connectivity index (χ1v) is 10.3. The molecule has 0 spiro atoms. The molecule has 0 amide bonds. The van der Waals surface area contributed by atoms with Gasteiger partial charge in [0.25, 0.3) is 0 Å². The fraction of sp³-hybridized carbons (Fsp3) is 0.636. The van der Waals surface area contributed by atoms with Gasteiger partial charge in [0.05, 0.1) is 7.11 Å². The summed E-state index contributed by atoms with van der Waals surface area (Å²) in [6.45, 7) is 10.1. The number of β-amino-alcohol motifs (C(OH)–C–C–N with tert-alkyl or cyclic N) is 1. The number of ether oxygens (including phenoxy) is 2. The van der Waals surface area contributed by atoms with Crippen molar-refractivity contribution in [1.29, 1.82) is 0 Å². The second-order valence-electron chi connectivity index (χ2n) is 8.08. The highest BCUT2D eigenvalue weighted by Gasteiger charge is 2.19. The van der Waals surface area contributed by atoms with E-state index in [9.17, 15) is 5.11 Å². The molecule has 0 aliphatic carbocycles. The molecule has 2 heterocycles. The van der Waals surface area contributed by atoms with Crippen molar-refractivity contribution in [3.63, 3.8) is 0 Å². The molecular formula is C22H35N3O3. The van der Waals surface area contributed by atoms with Gasteiger partial charge in [0.15, 0.2) is 0 Å². The SMILES string of the molecule is COc1ccc(CN2CC=C(C)CC2)c(OC[C@H](O)CN2CCN(C)CC2)c1. The van der Waals surface area contributed by atoms with E-state index in [1.165, 1.54) is 5.57 Å². The fourth-order valence-electron chi connectivity index (χ4n) is 3.69. The summed E-state index contributed by atoms with van der Waals surface area (Å²) in [6, 6.07) is 5.99. The van der Waals surface area contributed by atoms with Gasteiger partial charge in [-0.2, -0.15) is 0 Å². The number of nitrogens with zero attached hydrogens (tertiary/aromatic N) is 3. The van der Waals surface area contributed by atoms with E-state index in [1.807, 2.05) is 12.1 Å². The third-order valence-electron chi connectivity index (χ3n) is 5.68. The maximum atomic E-state index is 10.5. The molecule has 2 aliphatic rings. The average molecular weight is 390 g/mol. The molecule has 0 radical (unpaired) electrons. The molecule has 28 heavy (non-hydrogen) atoms. The van der Waals surface area contributed by atoms with Crippen LogP contribution in [0.5, 0.6) is 11.5 Å². The zero-order chi connectivity index (χ0) is 19.9. The van der Waals surface area contributed by atoms with Crippen LogP contribution in [0.15, 0.2) is 29.8 Å². The molecular weight excluding hydrogens is 354 g/mol. The number of aliphatic hydroxyl groups excluding tert-OH is 1. The van der Waals surface area contributed by atoms with Crippen molar-refractivity contribution < 1.29 is 14.6 Å². The molecule has 6 nitrogen and oxygen atoms in total. The van der Waals surface area contributed by atoms with E-state index >= 15 is 0 Å². The van der Waals surface area contributed by atoms with Gasteiger partial charge in [-0.05, 0) is 26.5 Å². The zero-order valence-corrected chi connectivity index (χ0v) is 17.6. The minimum absolute atomic E-state index is 0.297. The highest BCUT2D eigenvalue weighted by Crippen LogP contribution is 2.27. The molecule has 0 bridgehead atoms. The third-order valence-corrected chi connectivity index (χ3v) is 5.68. The number of benzene rings is 1. The van der Waals surface area contributed by atoms with Crippen LogP contribution in [-0.2, 0) is 6.54 Å². The standard InChI is InChI=1S/C22H35N3O3/c1-18-6-8-24(9-7-18)15-19-4-5-21(27-3)14-22(19)28-17-20(26)16-25-12-10-23(2)11-13-25/h4-6,14,20,26H,7-13,15-17H2,1-3H3/t20-/m1/s1. The first kappa shape index (κ1) is 21.1. The Morgan fingerprint density at radius 2 is 1.89 bits per heavy atom. The lowest BCUT2D eigenvalue weighted by molar-refractivity contribution is 0.0499. The van der Waals surface area contributed by atoms with Gasteiger partial charge in [0.2, 0.25) is 0 Å². The van der Waals surface area contributed by atoms with Crippen LogP contribution in [-0.4, -0.2) is 92.5 Å². The summed E-state index contributed by atoms with van der Waals surface area (Å²) < 4.78 is 11.4. The number of methoxy groups -OCH3 is 1. The summed E-state index contributed by atoms with van der Waals surface area (Å²) in [5.74, 6) is 1.59. The topological polar surface area (TPSA) is 48.4 Å². The molecule has 0 saturated carbocycles. The first-order chi connectivity index (χ1) is 13.5. The Morgan fingerprint density at radius 3 is 2.57 bits per heavy atom. The van der Waals surface area contributed by atoms with E-state index in [-0.39, 0.29) is 0 Å². The van der Waals surface area contributed by atoms with E-state index in [0.29, 0.717) is 13.2 Å². The normalized spacial score (nSPS) is 20.6.